The van der Waals surface area contributed by atoms with Gasteiger partial charge in [-0.25, -0.2) is 4.39 Å². The van der Waals surface area contributed by atoms with Crippen molar-refractivity contribution in [1.82, 2.24) is 10.2 Å². The fraction of sp³-hybridized carbons (Fsp3) is 0.462. The second kappa shape index (κ2) is 6.16. The Morgan fingerprint density at radius 1 is 1.39 bits per heavy atom. The number of hydrogen-bond donors (Lipinski definition) is 1. The van der Waals surface area contributed by atoms with Gasteiger partial charge in [-0.2, -0.15) is 0 Å². The third-order valence-electron chi connectivity index (χ3n) is 3.08. The van der Waals surface area contributed by atoms with E-state index in [9.17, 15) is 9.18 Å². The van der Waals surface area contributed by atoms with Crippen molar-refractivity contribution in [2.24, 2.45) is 0 Å². The first-order valence-electron chi connectivity index (χ1n) is 6.09. The molecule has 1 N–H and O–H groups in total. The zero-order chi connectivity index (χ0) is 13.0. The summed E-state index contributed by atoms with van der Waals surface area (Å²) in [6, 6.07) is 4.60. The third-order valence-corrected chi connectivity index (χ3v) is 3.37. The first-order chi connectivity index (χ1) is 8.66. The minimum atomic E-state index is -0.422. The second-order valence-electron chi connectivity index (χ2n) is 4.38. The van der Waals surface area contributed by atoms with Gasteiger partial charge in [0.2, 0.25) is 5.91 Å². The van der Waals surface area contributed by atoms with Crippen molar-refractivity contribution in [1.29, 1.82) is 0 Å². The molecule has 0 radical (unpaired) electrons. The van der Waals surface area contributed by atoms with Crippen LogP contribution in [0.4, 0.5) is 4.39 Å². The average molecular weight is 271 g/mol. The molecule has 0 unspecified atom stereocenters. The smallest absolute Gasteiger partial charge is 0.222 e. The monoisotopic (exact) mass is 270 g/mol. The van der Waals surface area contributed by atoms with E-state index in [4.69, 9.17) is 11.6 Å². The minimum absolute atomic E-state index is 0.113. The topological polar surface area (TPSA) is 32.3 Å². The van der Waals surface area contributed by atoms with E-state index in [-0.39, 0.29) is 10.9 Å². The van der Waals surface area contributed by atoms with Crippen molar-refractivity contribution in [3.05, 3.63) is 34.6 Å². The molecule has 1 heterocycles. The summed E-state index contributed by atoms with van der Waals surface area (Å²) >= 11 is 5.70. The Kier molecular flexibility index (Phi) is 4.55. The molecule has 18 heavy (non-hydrogen) atoms. The molecule has 0 atom stereocenters. The lowest BCUT2D eigenvalue weighted by molar-refractivity contribution is -0.131. The van der Waals surface area contributed by atoms with Crippen LogP contribution in [0.2, 0.25) is 5.02 Å². The van der Waals surface area contributed by atoms with Crippen LogP contribution < -0.4 is 5.32 Å². The zero-order valence-corrected chi connectivity index (χ0v) is 10.8. The summed E-state index contributed by atoms with van der Waals surface area (Å²) < 4.78 is 13.0. The first kappa shape index (κ1) is 13.3. The van der Waals surface area contributed by atoms with Gasteiger partial charge in [-0.1, -0.05) is 17.7 Å². The molecule has 0 aliphatic carbocycles. The molecule has 1 saturated heterocycles. The maximum Gasteiger partial charge on any atom is 0.222 e. The van der Waals surface area contributed by atoms with Crippen LogP contribution in [-0.4, -0.2) is 37.0 Å². The summed E-state index contributed by atoms with van der Waals surface area (Å²) in [7, 11) is 0. The Morgan fingerprint density at radius 3 is 2.78 bits per heavy atom. The number of rotatable bonds is 3. The molecule has 0 aromatic heterocycles. The highest BCUT2D eigenvalue weighted by Gasteiger charge is 2.15. The molecule has 0 spiro atoms. The van der Waals surface area contributed by atoms with Crippen LogP contribution in [-0.2, 0) is 11.2 Å². The number of carbonyl (C=O) groups is 1. The molecule has 0 saturated carbocycles. The Hall–Kier alpha value is -1.13. The van der Waals surface area contributed by atoms with E-state index in [1.165, 1.54) is 6.07 Å². The minimum Gasteiger partial charge on any atom is -0.340 e. The zero-order valence-electron chi connectivity index (χ0n) is 10.1. The van der Waals surface area contributed by atoms with Gasteiger partial charge in [0.15, 0.2) is 0 Å². The summed E-state index contributed by atoms with van der Waals surface area (Å²) in [5.74, 6) is -0.272. The average Bonchev–Trinajstić information content (AvgIpc) is 2.41. The van der Waals surface area contributed by atoms with Gasteiger partial charge in [0.25, 0.3) is 0 Å². The van der Waals surface area contributed by atoms with Crippen LogP contribution in [0.1, 0.15) is 12.0 Å². The third kappa shape index (κ3) is 3.43. The van der Waals surface area contributed by atoms with E-state index in [0.717, 1.165) is 31.7 Å². The van der Waals surface area contributed by atoms with Crippen LogP contribution in [0.5, 0.6) is 0 Å². The molecule has 3 nitrogen and oxygen atoms in total. The van der Waals surface area contributed by atoms with Crippen molar-refractivity contribution < 1.29 is 9.18 Å². The highest BCUT2D eigenvalue weighted by molar-refractivity contribution is 6.30. The molecule has 5 heteroatoms. The van der Waals surface area contributed by atoms with E-state index < -0.39 is 5.82 Å². The lowest BCUT2D eigenvalue weighted by atomic mass is 10.1. The molecule has 1 aliphatic rings. The van der Waals surface area contributed by atoms with Crippen LogP contribution in [0.25, 0.3) is 0 Å². The maximum atomic E-state index is 13.0. The number of benzene rings is 1. The number of halogens is 2. The van der Waals surface area contributed by atoms with Gasteiger partial charge >= 0.3 is 0 Å². The number of piperazine rings is 1. The lowest BCUT2D eigenvalue weighted by Crippen LogP contribution is -2.46. The van der Waals surface area contributed by atoms with Crippen LogP contribution in [0.15, 0.2) is 18.2 Å². The summed E-state index contributed by atoms with van der Waals surface area (Å²) in [5.41, 5.74) is 0.893. The highest BCUT2D eigenvalue weighted by atomic mass is 35.5. The van der Waals surface area contributed by atoms with E-state index in [1.807, 2.05) is 4.90 Å². The van der Waals surface area contributed by atoms with E-state index in [0.29, 0.717) is 12.8 Å². The van der Waals surface area contributed by atoms with Gasteiger partial charge in [-0.15, -0.1) is 0 Å². The predicted molar refractivity (Wildman–Crippen MR) is 69.2 cm³/mol. The SMILES string of the molecule is O=C(CCc1ccc(F)c(Cl)c1)N1CCNCC1. The maximum absolute atomic E-state index is 13.0. The van der Waals surface area contributed by atoms with Crippen LogP contribution in [0, 0.1) is 5.82 Å². The van der Waals surface area contributed by atoms with Gasteiger partial charge in [0, 0.05) is 32.6 Å². The van der Waals surface area contributed by atoms with Crippen molar-refractivity contribution in [2.45, 2.75) is 12.8 Å². The quantitative estimate of drug-likeness (QED) is 0.909. The van der Waals surface area contributed by atoms with Crippen molar-refractivity contribution in [3.63, 3.8) is 0 Å². The van der Waals surface area contributed by atoms with Crippen molar-refractivity contribution in [3.8, 4) is 0 Å². The molecule has 1 aromatic carbocycles. The molecular formula is C13H16ClFN2O. The number of carbonyl (C=O) groups excluding carboxylic acids is 1. The van der Waals surface area contributed by atoms with Crippen molar-refractivity contribution in [2.75, 3.05) is 26.2 Å². The summed E-state index contributed by atoms with van der Waals surface area (Å²) in [6.07, 6.45) is 1.05. The fourth-order valence-electron chi connectivity index (χ4n) is 2.02. The van der Waals surface area contributed by atoms with Gasteiger partial charge in [0.1, 0.15) is 5.82 Å². The van der Waals surface area contributed by atoms with Crippen LogP contribution >= 0.6 is 11.6 Å². The fourth-order valence-corrected chi connectivity index (χ4v) is 2.22. The van der Waals surface area contributed by atoms with Gasteiger partial charge in [0.05, 0.1) is 5.02 Å². The van der Waals surface area contributed by atoms with E-state index in [2.05, 4.69) is 5.32 Å². The normalized spacial score (nSPS) is 15.8. The van der Waals surface area contributed by atoms with E-state index in [1.54, 1.807) is 12.1 Å². The number of aryl methyl sites for hydroxylation is 1. The standard InChI is InChI=1S/C13H16ClFN2O/c14-11-9-10(1-3-12(11)15)2-4-13(18)17-7-5-16-6-8-17/h1,3,9,16H,2,4-8H2. The van der Waals surface area contributed by atoms with Crippen molar-refractivity contribution >= 4 is 17.5 Å². The van der Waals surface area contributed by atoms with Gasteiger partial charge in [-0.3, -0.25) is 4.79 Å². The Morgan fingerprint density at radius 2 is 2.11 bits per heavy atom. The highest BCUT2D eigenvalue weighted by Crippen LogP contribution is 2.17. The van der Waals surface area contributed by atoms with Crippen LogP contribution in [0.3, 0.4) is 0 Å². The Labute approximate surface area is 111 Å². The van der Waals surface area contributed by atoms with Gasteiger partial charge in [-0.05, 0) is 24.1 Å². The molecule has 1 fully saturated rings. The molecular weight excluding hydrogens is 255 g/mol. The Bertz CT molecular complexity index is 433. The largest absolute Gasteiger partial charge is 0.340 e. The first-order valence-corrected chi connectivity index (χ1v) is 6.47. The predicted octanol–water partition coefficient (Wildman–Crippen LogP) is 1.84. The number of hydrogen-bond acceptors (Lipinski definition) is 2. The number of nitrogens with zero attached hydrogens (tertiary/aromatic N) is 1. The van der Waals surface area contributed by atoms with Gasteiger partial charge < -0.3 is 10.2 Å². The number of amides is 1. The Balaban J connectivity index is 1.86. The van der Waals surface area contributed by atoms with E-state index >= 15 is 0 Å². The summed E-state index contributed by atoms with van der Waals surface area (Å²) in [5, 5.41) is 3.32. The molecule has 2 rings (SSSR count). The summed E-state index contributed by atoms with van der Waals surface area (Å²) in [6.45, 7) is 3.24. The second-order valence-corrected chi connectivity index (χ2v) is 4.79. The molecule has 1 amide bonds. The number of nitrogens with one attached hydrogen (secondary N) is 1. The molecule has 0 bridgehead atoms. The lowest BCUT2D eigenvalue weighted by Gasteiger charge is -2.27. The summed E-state index contributed by atoms with van der Waals surface area (Å²) in [4.78, 5) is 13.8. The molecule has 1 aromatic rings. The molecule has 1 aliphatic heterocycles. The molecule has 98 valence electrons.